The predicted molar refractivity (Wildman–Crippen MR) is 91.8 cm³/mol. The van der Waals surface area contributed by atoms with E-state index in [4.69, 9.17) is 0 Å². The van der Waals surface area contributed by atoms with Gasteiger partial charge in [0.05, 0.1) is 0 Å². The van der Waals surface area contributed by atoms with Crippen LogP contribution in [-0.2, 0) is 4.79 Å². The van der Waals surface area contributed by atoms with Gasteiger partial charge in [0.25, 0.3) is 5.91 Å². The summed E-state index contributed by atoms with van der Waals surface area (Å²) in [5, 5.41) is 12.8. The maximum absolute atomic E-state index is 12.6. The van der Waals surface area contributed by atoms with Gasteiger partial charge in [0.2, 0.25) is 0 Å². The molecular formula is C20H19NO3. The van der Waals surface area contributed by atoms with E-state index in [0.29, 0.717) is 12.0 Å². The first-order valence-corrected chi connectivity index (χ1v) is 7.94. The van der Waals surface area contributed by atoms with Gasteiger partial charge in [-0.25, -0.2) is 4.79 Å². The Kier molecular flexibility index (Phi) is 4.47. The summed E-state index contributed by atoms with van der Waals surface area (Å²) in [5.41, 5.74) is 0.0281. The molecule has 0 bridgehead atoms. The first-order chi connectivity index (χ1) is 11.6. The largest absolute Gasteiger partial charge is 0.479 e. The Bertz CT molecular complexity index is 755. The van der Waals surface area contributed by atoms with Crippen LogP contribution in [0.15, 0.2) is 72.8 Å². The molecule has 1 aliphatic carbocycles. The lowest BCUT2D eigenvalue weighted by atomic mass is 9.72. The normalized spacial score (nSPS) is 22.8. The molecule has 0 aliphatic heterocycles. The molecule has 24 heavy (non-hydrogen) atoms. The molecule has 2 N–H and O–H groups in total. The SMILES string of the molecule is O=C(N[C@]1(C(=O)O)CC=CC[C@@H]1c1ccccc1)c1ccccc1. The van der Waals surface area contributed by atoms with Crippen molar-refractivity contribution < 1.29 is 14.7 Å². The van der Waals surface area contributed by atoms with Crippen molar-refractivity contribution in [2.45, 2.75) is 24.3 Å². The van der Waals surface area contributed by atoms with E-state index >= 15 is 0 Å². The lowest BCUT2D eigenvalue weighted by Gasteiger charge is -2.39. The Hall–Kier alpha value is -2.88. The van der Waals surface area contributed by atoms with Gasteiger partial charge in [-0.1, -0.05) is 60.7 Å². The van der Waals surface area contributed by atoms with Crippen molar-refractivity contribution in [3.05, 3.63) is 83.9 Å². The highest BCUT2D eigenvalue weighted by molar-refractivity contribution is 5.98. The zero-order chi connectivity index (χ0) is 17.0. The average molecular weight is 321 g/mol. The van der Waals surface area contributed by atoms with Crippen LogP contribution in [0, 0.1) is 0 Å². The maximum Gasteiger partial charge on any atom is 0.330 e. The minimum absolute atomic E-state index is 0.264. The molecule has 2 aromatic carbocycles. The minimum atomic E-state index is -1.34. The van der Waals surface area contributed by atoms with Gasteiger partial charge in [0.15, 0.2) is 0 Å². The number of nitrogens with one attached hydrogen (secondary N) is 1. The summed E-state index contributed by atoms with van der Waals surface area (Å²) in [6, 6.07) is 18.2. The fourth-order valence-electron chi connectivity index (χ4n) is 3.24. The first-order valence-electron chi connectivity index (χ1n) is 7.94. The summed E-state index contributed by atoms with van der Waals surface area (Å²) in [5.74, 6) is -1.69. The van der Waals surface area contributed by atoms with Crippen LogP contribution in [0.3, 0.4) is 0 Å². The Balaban J connectivity index is 1.98. The molecule has 2 atom stereocenters. The van der Waals surface area contributed by atoms with Gasteiger partial charge in [-0.2, -0.15) is 0 Å². The highest BCUT2D eigenvalue weighted by Gasteiger charge is 2.48. The number of amides is 1. The molecule has 0 aromatic heterocycles. The molecule has 3 rings (SSSR count). The van der Waals surface area contributed by atoms with Crippen LogP contribution in [0.4, 0.5) is 0 Å². The molecule has 2 aromatic rings. The van der Waals surface area contributed by atoms with Crippen LogP contribution in [0.1, 0.15) is 34.7 Å². The average Bonchev–Trinajstić information content (AvgIpc) is 2.63. The number of hydrogen-bond acceptors (Lipinski definition) is 2. The molecule has 4 heteroatoms. The van der Waals surface area contributed by atoms with E-state index in [1.807, 2.05) is 48.6 Å². The molecule has 1 amide bonds. The quantitative estimate of drug-likeness (QED) is 0.849. The van der Waals surface area contributed by atoms with Gasteiger partial charge in [-0.15, -0.1) is 0 Å². The number of allylic oxidation sites excluding steroid dienone is 1. The van der Waals surface area contributed by atoms with Crippen molar-refractivity contribution in [1.29, 1.82) is 0 Å². The second kappa shape index (κ2) is 6.71. The molecule has 122 valence electrons. The highest BCUT2D eigenvalue weighted by atomic mass is 16.4. The number of carboxylic acid groups (broad SMARTS) is 1. The smallest absolute Gasteiger partial charge is 0.330 e. The van der Waals surface area contributed by atoms with E-state index in [0.717, 1.165) is 5.56 Å². The van der Waals surface area contributed by atoms with Gasteiger partial charge in [0, 0.05) is 11.5 Å². The second-order valence-corrected chi connectivity index (χ2v) is 5.97. The van der Waals surface area contributed by atoms with E-state index < -0.39 is 11.5 Å². The fraction of sp³-hybridized carbons (Fsp3) is 0.200. The monoisotopic (exact) mass is 321 g/mol. The highest BCUT2D eigenvalue weighted by Crippen LogP contribution is 2.38. The Labute approximate surface area is 140 Å². The van der Waals surface area contributed by atoms with E-state index in [9.17, 15) is 14.7 Å². The Morgan fingerprint density at radius 1 is 0.958 bits per heavy atom. The molecule has 0 radical (unpaired) electrons. The van der Waals surface area contributed by atoms with Crippen molar-refractivity contribution in [3.63, 3.8) is 0 Å². The summed E-state index contributed by atoms with van der Waals surface area (Å²) in [7, 11) is 0. The van der Waals surface area contributed by atoms with Crippen molar-refractivity contribution >= 4 is 11.9 Å². The molecule has 4 nitrogen and oxygen atoms in total. The molecule has 1 aliphatic rings. The topological polar surface area (TPSA) is 66.4 Å². The van der Waals surface area contributed by atoms with E-state index in [2.05, 4.69) is 5.32 Å². The van der Waals surface area contributed by atoms with Crippen molar-refractivity contribution in [2.75, 3.05) is 0 Å². The van der Waals surface area contributed by atoms with Gasteiger partial charge in [-0.3, -0.25) is 4.79 Å². The number of rotatable bonds is 4. The van der Waals surface area contributed by atoms with Gasteiger partial charge >= 0.3 is 5.97 Å². The molecule has 0 heterocycles. The molecule has 0 spiro atoms. The van der Waals surface area contributed by atoms with E-state index in [1.165, 1.54) is 0 Å². The summed E-state index contributed by atoms with van der Waals surface area (Å²) < 4.78 is 0. The van der Waals surface area contributed by atoms with Gasteiger partial charge in [0.1, 0.15) is 5.54 Å². The Morgan fingerprint density at radius 3 is 2.21 bits per heavy atom. The van der Waals surface area contributed by atoms with E-state index in [1.54, 1.807) is 24.3 Å². The molecular weight excluding hydrogens is 302 g/mol. The van der Waals surface area contributed by atoms with Crippen LogP contribution in [0.25, 0.3) is 0 Å². The molecule has 0 saturated carbocycles. The number of carboxylic acids is 1. The summed E-state index contributed by atoms with van der Waals surface area (Å²) in [6.45, 7) is 0. The zero-order valence-corrected chi connectivity index (χ0v) is 13.2. The predicted octanol–water partition coefficient (Wildman–Crippen LogP) is 3.37. The lowest BCUT2D eigenvalue weighted by Crippen LogP contribution is -2.59. The number of carbonyl (C=O) groups is 2. The van der Waals surface area contributed by atoms with Crippen molar-refractivity contribution in [1.82, 2.24) is 5.32 Å². The van der Waals surface area contributed by atoms with Crippen molar-refractivity contribution in [2.24, 2.45) is 0 Å². The summed E-state index contributed by atoms with van der Waals surface area (Å²) >= 11 is 0. The fourth-order valence-corrected chi connectivity index (χ4v) is 3.24. The zero-order valence-electron chi connectivity index (χ0n) is 13.2. The molecule has 0 unspecified atom stereocenters. The van der Waals surface area contributed by atoms with Gasteiger partial charge < -0.3 is 10.4 Å². The van der Waals surface area contributed by atoms with Crippen LogP contribution in [0.2, 0.25) is 0 Å². The number of hydrogen-bond donors (Lipinski definition) is 2. The molecule has 0 fully saturated rings. The first kappa shape index (κ1) is 16.0. The second-order valence-electron chi connectivity index (χ2n) is 5.97. The third kappa shape index (κ3) is 2.95. The number of carbonyl (C=O) groups excluding carboxylic acids is 1. The third-order valence-electron chi connectivity index (χ3n) is 4.53. The van der Waals surface area contributed by atoms with E-state index in [-0.39, 0.29) is 18.2 Å². The number of benzene rings is 2. The Morgan fingerprint density at radius 2 is 1.58 bits per heavy atom. The van der Waals surface area contributed by atoms with Crippen molar-refractivity contribution in [3.8, 4) is 0 Å². The minimum Gasteiger partial charge on any atom is -0.479 e. The van der Waals surface area contributed by atoms with Crippen LogP contribution >= 0.6 is 0 Å². The molecule has 0 saturated heterocycles. The van der Waals surface area contributed by atoms with Crippen LogP contribution in [0.5, 0.6) is 0 Å². The van der Waals surface area contributed by atoms with Gasteiger partial charge in [-0.05, 0) is 30.5 Å². The summed E-state index contributed by atoms with van der Waals surface area (Å²) in [6.07, 6.45) is 4.65. The lowest BCUT2D eigenvalue weighted by molar-refractivity contribution is -0.145. The standard InChI is InChI=1S/C20H19NO3/c22-18(16-11-5-2-6-12-16)21-20(19(23)24)14-8-7-13-17(20)15-9-3-1-4-10-15/h1-12,17H,13-14H2,(H,21,22)(H,23,24)/t17-,20-/m1/s1. The summed E-state index contributed by atoms with van der Waals surface area (Å²) in [4.78, 5) is 24.8. The van der Waals surface area contributed by atoms with Crippen LogP contribution < -0.4 is 5.32 Å². The number of aliphatic carboxylic acids is 1. The third-order valence-corrected chi connectivity index (χ3v) is 4.53. The van der Waals surface area contributed by atoms with Crippen LogP contribution in [-0.4, -0.2) is 22.5 Å². The maximum atomic E-state index is 12.6.